The Bertz CT molecular complexity index is 989. The average molecular weight is 468 g/mol. The Morgan fingerprint density at radius 2 is 1.97 bits per heavy atom. The molecule has 5 rings (SSSR count). The fourth-order valence-electron chi connectivity index (χ4n) is 5.19. The van der Waals surface area contributed by atoms with E-state index in [1.165, 1.54) is 11.0 Å². The van der Waals surface area contributed by atoms with E-state index in [2.05, 4.69) is 15.2 Å². The van der Waals surface area contributed by atoms with Crippen LogP contribution in [-0.2, 0) is 11.0 Å². The smallest absolute Gasteiger partial charge is 0.360 e. The summed E-state index contributed by atoms with van der Waals surface area (Å²) in [6.45, 7) is 4.89. The zero-order chi connectivity index (χ0) is 22.3. The second-order valence-corrected chi connectivity index (χ2v) is 9.91. The zero-order valence-corrected chi connectivity index (χ0v) is 18.6. The van der Waals surface area contributed by atoms with Crippen molar-refractivity contribution in [1.82, 2.24) is 9.88 Å². The average Bonchev–Trinajstić information content (AvgIpc) is 3.50. The number of fused-ring (bicyclic) bond motifs is 1. The summed E-state index contributed by atoms with van der Waals surface area (Å²) < 4.78 is 40.3. The van der Waals surface area contributed by atoms with Crippen LogP contribution >= 0.6 is 11.8 Å². The summed E-state index contributed by atoms with van der Waals surface area (Å²) in [7, 11) is 0. The third-order valence-corrected chi connectivity index (χ3v) is 7.90. The van der Waals surface area contributed by atoms with Crippen molar-refractivity contribution in [3.8, 4) is 0 Å². The largest absolute Gasteiger partial charge is 0.433 e. The molecule has 0 saturated carbocycles. The Balaban J connectivity index is 1.26. The van der Waals surface area contributed by atoms with Crippen molar-refractivity contribution in [3.05, 3.63) is 36.0 Å². The van der Waals surface area contributed by atoms with Crippen LogP contribution in [0.5, 0.6) is 0 Å². The number of aromatic nitrogens is 1. The number of para-hydroxylation sites is 1. The predicted molar refractivity (Wildman–Crippen MR) is 118 cm³/mol. The lowest BCUT2D eigenvalue weighted by atomic mass is 10.1. The Labute approximate surface area is 189 Å². The first-order valence-electron chi connectivity index (χ1n) is 11.2. The molecule has 6 nitrogen and oxygen atoms in total. The second kappa shape index (κ2) is 8.72. The number of carbonyl (C=O) groups is 1. The SMILES string of the molecule is O=C([C@@H]1C[C@H]([NH+]2CCN(c3cc(C(F)(F)F)nc4ccccc34)CC2)C[NH2+]1)N1CCSC1. The number of halogens is 3. The number of thioether (sulfide) groups is 1. The highest BCUT2D eigenvalue weighted by Gasteiger charge is 2.42. The van der Waals surface area contributed by atoms with Gasteiger partial charge in [0.25, 0.3) is 5.91 Å². The van der Waals surface area contributed by atoms with Crippen molar-refractivity contribution in [3.63, 3.8) is 0 Å². The third kappa shape index (κ3) is 4.27. The molecule has 2 aromatic rings. The van der Waals surface area contributed by atoms with Gasteiger partial charge in [-0.25, -0.2) is 4.98 Å². The van der Waals surface area contributed by atoms with Gasteiger partial charge in [-0.3, -0.25) is 4.79 Å². The molecule has 1 aromatic carbocycles. The van der Waals surface area contributed by atoms with E-state index in [1.807, 2.05) is 17.0 Å². The molecule has 0 bridgehead atoms. The molecule has 3 aliphatic heterocycles. The van der Waals surface area contributed by atoms with Gasteiger partial charge >= 0.3 is 6.18 Å². The van der Waals surface area contributed by atoms with E-state index < -0.39 is 11.9 Å². The van der Waals surface area contributed by atoms with Crippen LogP contribution in [-0.4, -0.2) is 78.8 Å². The minimum absolute atomic E-state index is 0.0164. The minimum atomic E-state index is -4.47. The van der Waals surface area contributed by atoms with Crippen LogP contribution in [0, 0.1) is 0 Å². The molecule has 0 radical (unpaired) electrons. The van der Waals surface area contributed by atoms with Gasteiger partial charge in [-0.2, -0.15) is 13.2 Å². The molecule has 3 N–H and O–H groups in total. The second-order valence-electron chi connectivity index (χ2n) is 8.84. The molecule has 32 heavy (non-hydrogen) atoms. The van der Waals surface area contributed by atoms with Crippen molar-refractivity contribution in [2.45, 2.75) is 24.7 Å². The molecule has 0 aliphatic carbocycles. The number of hydrogen-bond acceptors (Lipinski definition) is 4. The number of carbonyl (C=O) groups excluding carboxylic acids is 1. The molecule has 0 spiro atoms. The van der Waals surface area contributed by atoms with E-state index >= 15 is 0 Å². The molecule has 4 heterocycles. The zero-order valence-electron chi connectivity index (χ0n) is 17.8. The van der Waals surface area contributed by atoms with E-state index in [4.69, 9.17) is 0 Å². The van der Waals surface area contributed by atoms with Crippen LogP contribution in [0.15, 0.2) is 30.3 Å². The molecular formula is C22H28F3N5OS+2. The number of anilines is 1. The molecule has 0 unspecified atom stereocenters. The monoisotopic (exact) mass is 467 g/mol. The van der Waals surface area contributed by atoms with Gasteiger partial charge in [0, 0.05) is 23.4 Å². The fourth-order valence-corrected chi connectivity index (χ4v) is 6.15. The number of hydrogen-bond donors (Lipinski definition) is 2. The Morgan fingerprint density at radius 1 is 1.19 bits per heavy atom. The van der Waals surface area contributed by atoms with Crippen molar-refractivity contribution in [2.75, 3.05) is 55.8 Å². The first-order valence-corrected chi connectivity index (χ1v) is 12.3. The van der Waals surface area contributed by atoms with E-state index in [9.17, 15) is 18.0 Å². The number of benzene rings is 1. The normalized spacial score (nSPS) is 25.1. The van der Waals surface area contributed by atoms with Gasteiger partial charge in [0.15, 0.2) is 6.04 Å². The Kier molecular flexibility index (Phi) is 5.94. The first kappa shape index (κ1) is 21.8. The van der Waals surface area contributed by atoms with Crippen molar-refractivity contribution in [2.24, 2.45) is 0 Å². The molecule has 172 valence electrons. The molecule has 3 saturated heterocycles. The van der Waals surface area contributed by atoms with Crippen LogP contribution < -0.4 is 15.1 Å². The highest BCUT2D eigenvalue weighted by Crippen LogP contribution is 2.34. The third-order valence-electron chi connectivity index (χ3n) is 6.93. The molecular weight excluding hydrogens is 439 g/mol. The number of nitrogens with one attached hydrogen (secondary N) is 1. The summed E-state index contributed by atoms with van der Waals surface area (Å²) in [4.78, 5) is 22.0. The number of rotatable bonds is 3. The number of nitrogens with zero attached hydrogens (tertiary/aromatic N) is 3. The summed E-state index contributed by atoms with van der Waals surface area (Å²) in [5, 5.41) is 2.94. The highest BCUT2D eigenvalue weighted by atomic mass is 32.2. The quantitative estimate of drug-likeness (QED) is 0.677. The van der Waals surface area contributed by atoms with Crippen LogP contribution in [0.2, 0.25) is 0 Å². The maximum absolute atomic E-state index is 13.4. The van der Waals surface area contributed by atoms with Gasteiger partial charge < -0.3 is 20.0 Å². The van der Waals surface area contributed by atoms with Crippen LogP contribution in [0.25, 0.3) is 10.9 Å². The summed E-state index contributed by atoms with van der Waals surface area (Å²) in [5.41, 5.74) is 0.145. The van der Waals surface area contributed by atoms with Crippen LogP contribution in [0.3, 0.4) is 0 Å². The number of nitrogens with two attached hydrogens (primary N) is 1. The van der Waals surface area contributed by atoms with Gasteiger partial charge in [-0.05, 0) is 12.1 Å². The fraction of sp³-hybridized carbons (Fsp3) is 0.545. The van der Waals surface area contributed by atoms with Crippen LogP contribution in [0.4, 0.5) is 18.9 Å². The van der Waals surface area contributed by atoms with Gasteiger partial charge in [-0.1, -0.05) is 18.2 Å². The topological polar surface area (TPSA) is 57.5 Å². The standard InChI is InChI=1S/C22H26F3N5OS/c23-22(24,25)20-12-19(16-3-1-2-4-17(16)27-20)29-7-5-28(6-8-29)15-11-18(26-13-15)21(31)30-9-10-32-14-30/h1-4,12,15,18,26H,5-11,13-14H2/p+2/t15-,18-/m0/s1. The minimum Gasteiger partial charge on any atom is -0.360 e. The van der Waals surface area contributed by atoms with Gasteiger partial charge in [0.2, 0.25) is 0 Å². The maximum atomic E-state index is 13.4. The maximum Gasteiger partial charge on any atom is 0.433 e. The van der Waals surface area contributed by atoms with Gasteiger partial charge in [0.1, 0.15) is 18.3 Å². The molecule has 1 aromatic heterocycles. The summed E-state index contributed by atoms with van der Waals surface area (Å²) in [6.07, 6.45) is -3.59. The lowest BCUT2D eigenvalue weighted by Crippen LogP contribution is -3.19. The lowest BCUT2D eigenvalue weighted by molar-refractivity contribution is -0.930. The summed E-state index contributed by atoms with van der Waals surface area (Å²) in [5.74, 6) is 2.09. The van der Waals surface area contributed by atoms with E-state index in [-0.39, 0.29) is 11.9 Å². The van der Waals surface area contributed by atoms with Crippen molar-refractivity contribution >= 4 is 34.3 Å². The van der Waals surface area contributed by atoms with E-state index in [1.54, 1.807) is 23.9 Å². The number of pyridine rings is 1. The molecule has 1 amide bonds. The molecule has 3 aliphatic rings. The lowest BCUT2D eigenvalue weighted by Gasteiger charge is -2.36. The number of piperazine rings is 1. The van der Waals surface area contributed by atoms with E-state index in [0.29, 0.717) is 30.3 Å². The predicted octanol–water partition coefficient (Wildman–Crippen LogP) is 0.196. The number of quaternary nitrogens is 2. The summed E-state index contributed by atoms with van der Waals surface area (Å²) in [6, 6.07) is 8.67. The number of amides is 1. The van der Waals surface area contributed by atoms with Gasteiger partial charge in [-0.15, -0.1) is 11.8 Å². The Hall–Kier alpha value is -2.04. The molecule has 3 fully saturated rings. The van der Waals surface area contributed by atoms with Crippen molar-refractivity contribution in [1.29, 1.82) is 0 Å². The first-order chi connectivity index (χ1) is 15.4. The Morgan fingerprint density at radius 3 is 2.69 bits per heavy atom. The van der Waals surface area contributed by atoms with Crippen LogP contribution in [0.1, 0.15) is 12.1 Å². The number of alkyl halides is 3. The molecule has 2 atom stereocenters. The van der Waals surface area contributed by atoms with Crippen molar-refractivity contribution < 1.29 is 28.2 Å². The highest BCUT2D eigenvalue weighted by molar-refractivity contribution is 7.99. The van der Waals surface area contributed by atoms with E-state index in [0.717, 1.165) is 49.6 Å². The van der Waals surface area contributed by atoms with Gasteiger partial charge in [0.05, 0.1) is 44.0 Å². The summed E-state index contributed by atoms with van der Waals surface area (Å²) >= 11 is 1.81. The molecule has 10 heteroatoms.